The number of rotatable bonds is 2. The highest BCUT2D eigenvalue weighted by Gasteiger charge is 2.11. The number of nitrogens with zero attached hydrogens (tertiary/aromatic N) is 1. The average molecular weight is 344 g/mol. The molecule has 0 heterocycles. The van der Waals surface area contributed by atoms with Gasteiger partial charge in [-0.1, -0.05) is 12.1 Å². The molecule has 0 unspecified atom stereocenters. The van der Waals surface area contributed by atoms with Crippen molar-refractivity contribution in [3.63, 3.8) is 0 Å². The highest BCUT2D eigenvalue weighted by molar-refractivity contribution is 9.10. The number of phenolic OH excluding ortho intramolecular Hbond substituents is 1. The molecule has 0 saturated heterocycles. The summed E-state index contributed by atoms with van der Waals surface area (Å²) in [6.07, 6.45) is 0. The number of carbonyl (C=O) groups is 1. The van der Waals surface area contributed by atoms with E-state index < -0.39 is 6.03 Å². The van der Waals surface area contributed by atoms with Crippen molar-refractivity contribution in [2.24, 2.45) is 0 Å². The molecule has 0 spiro atoms. The first-order chi connectivity index (χ1) is 10.0. The van der Waals surface area contributed by atoms with Crippen LogP contribution in [0.25, 0.3) is 0 Å². The van der Waals surface area contributed by atoms with Crippen molar-refractivity contribution in [3.05, 3.63) is 46.4 Å². The second-order valence-corrected chi connectivity index (χ2v) is 5.16. The SMILES string of the molecule is Bc1c(C#N)ccc(NC(=O)Nc2ccccc2Br)c1O. The third-order valence-electron chi connectivity index (χ3n) is 2.92. The number of para-hydroxylation sites is 1. The van der Waals surface area contributed by atoms with E-state index in [4.69, 9.17) is 5.26 Å². The van der Waals surface area contributed by atoms with Gasteiger partial charge in [0.05, 0.1) is 17.4 Å². The summed E-state index contributed by atoms with van der Waals surface area (Å²) >= 11 is 3.33. The summed E-state index contributed by atoms with van der Waals surface area (Å²) in [5.74, 6) is -0.115. The maximum Gasteiger partial charge on any atom is 0.323 e. The third kappa shape index (κ3) is 3.36. The molecule has 0 aliphatic carbocycles. The first-order valence-electron chi connectivity index (χ1n) is 6.08. The van der Waals surface area contributed by atoms with Gasteiger partial charge < -0.3 is 15.7 Å². The molecule has 2 rings (SSSR count). The molecule has 0 fully saturated rings. The Kier molecular flexibility index (Phi) is 4.50. The quantitative estimate of drug-likeness (QED) is 0.575. The fourth-order valence-electron chi connectivity index (χ4n) is 1.76. The van der Waals surface area contributed by atoms with Crippen molar-refractivity contribution in [1.29, 1.82) is 5.26 Å². The Labute approximate surface area is 131 Å². The summed E-state index contributed by atoms with van der Waals surface area (Å²) in [6, 6.07) is 11.7. The normalized spacial score (nSPS) is 9.71. The monoisotopic (exact) mass is 343 g/mol. The summed E-state index contributed by atoms with van der Waals surface area (Å²) in [6.45, 7) is 0. The van der Waals surface area contributed by atoms with Crippen molar-refractivity contribution < 1.29 is 9.90 Å². The fraction of sp³-hybridized carbons (Fsp3) is 0. The van der Waals surface area contributed by atoms with Crippen LogP contribution in [0.15, 0.2) is 40.9 Å². The zero-order chi connectivity index (χ0) is 15.4. The molecule has 2 amide bonds. The lowest BCUT2D eigenvalue weighted by Crippen LogP contribution is -2.21. The second-order valence-electron chi connectivity index (χ2n) is 4.31. The molecule has 0 aliphatic rings. The number of anilines is 2. The lowest BCUT2D eigenvalue weighted by atomic mass is 9.89. The van der Waals surface area contributed by atoms with Gasteiger partial charge in [0, 0.05) is 10.0 Å². The summed E-state index contributed by atoms with van der Waals surface area (Å²) in [4.78, 5) is 11.9. The summed E-state index contributed by atoms with van der Waals surface area (Å²) in [5.41, 5.74) is 1.65. The Bertz CT molecular complexity index is 743. The second kappa shape index (κ2) is 6.33. The standard InChI is InChI=1S/C14H11BBrN3O2/c15-12-8(7-17)5-6-11(13(12)20)19-14(21)18-10-4-2-1-3-9(10)16/h1-6,20H,15H2,(H2,18,19,21). The van der Waals surface area contributed by atoms with Gasteiger partial charge in [-0.25, -0.2) is 4.79 Å². The van der Waals surface area contributed by atoms with E-state index in [0.29, 0.717) is 16.7 Å². The summed E-state index contributed by atoms with van der Waals surface area (Å²) < 4.78 is 0.750. The molecule has 2 aromatic carbocycles. The van der Waals surface area contributed by atoms with E-state index in [9.17, 15) is 9.90 Å². The molecule has 0 aromatic heterocycles. The Hall–Kier alpha value is -2.46. The minimum atomic E-state index is -0.485. The van der Waals surface area contributed by atoms with Crippen LogP contribution in [-0.2, 0) is 0 Å². The number of nitrogens with one attached hydrogen (secondary N) is 2. The molecule has 7 heteroatoms. The first-order valence-corrected chi connectivity index (χ1v) is 6.87. The van der Waals surface area contributed by atoms with E-state index in [2.05, 4.69) is 26.6 Å². The third-order valence-corrected chi connectivity index (χ3v) is 3.61. The topological polar surface area (TPSA) is 85.2 Å². The molecule has 3 N–H and O–H groups in total. The first kappa shape index (κ1) is 14.9. The largest absolute Gasteiger partial charge is 0.506 e. The van der Waals surface area contributed by atoms with Crippen LogP contribution in [0.2, 0.25) is 0 Å². The predicted octanol–water partition coefficient (Wildman–Crippen LogP) is 1.93. The van der Waals surface area contributed by atoms with Crippen molar-refractivity contribution in [1.82, 2.24) is 0 Å². The molecule has 104 valence electrons. The van der Waals surface area contributed by atoms with E-state index in [1.807, 2.05) is 12.1 Å². The van der Waals surface area contributed by atoms with E-state index in [0.717, 1.165) is 4.47 Å². The van der Waals surface area contributed by atoms with Gasteiger partial charge in [-0.3, -0.25) is 0 Å². The maximum absolute atomic E-state index is 11.9. The highest BCUT2D eigenvalue weighted by Crippen LogP contribution is 2.23. The molecule has 0 atom stereocenters. The number of carbonyl (C=O) groups excluding carboxylic acids is 1. The Morgan fingerprint density at radius 3 is 2.52 bits per heavy atom. The van der Waals surface area contributed by atoms with E-state index in [1.54, 1.807) is 32.1 Å². The summed E-state index contributed by atoms with van der Waals surface area (Å²) in [5, 5.41) is 24.1. The zero-order valence-corrected chi connectivity index (χ0v) is 12.7. The molecular weight excluding hydrogens is 333 g/mol. The fourth-order valence-corrected chi connectivity index (χ4v) is 2.14. The van der Waals surface area contributed by atoms with Crippen molar-refractivity contribution in [2.45, 2.75) is 0 Å². The van der Waals surface area contributed by atoms with Crippen molar-refractivity contribution in [2.75, 3.05) is 10.6 Å². The molecule has 0 aliphatic heterocycles. The number of hydrogen-bond acceptors (Lipinski definition) is 3. The van der Waals surface area contributed by atoms with Gasteiger partial charge in [-0.15, -0.1) is 0 Å². The van der Waals surface area contributed by atoms with Gasteiger partial charge in [0.2, 0.25) is 0 Å². The van der Waals surface area contributed by atoms with E-state index >= 15 is 0 Å². The van der Waals surface area contributed by atoms with Crippen LogP contribution < -0.4 is 16.1 Å². The lowest BCUT2D eigenvalue weighted by molar-refractivity contribution is 0.262. The highest BCUT2D eigenvalue weighted by atomic mass is 79.9. The molecule has 0 bridgehead atoms. The van der Waals surface area contributed by atoms with E-state index in [-0.39, 0.29) is 11.4 Å². The Morgan fingerprint density at radius 2 is 1.86 bits per heavy atom. The average Bonchev–Trinajstić information content (AvgIpc) is 2.47. The van der Waals surface area contributed by atoms with Crippen LogP contribution in [-0.4, -0.2) is 19.0 Å². The van der Waals surface area contributed by atoms with E-state index in [1.165, 1.54) is 6.07 Å². The molecule has 0 radical (unpaired) electrons. The van der Waals surface area contributed by atoms with Crippen LogP contribution in [0.4, 0.5) is 16.2 Å². The molecular formula is C14H11BBrN3O2. The van der Waals surface area contributed by atoms with Gasteiger partial charge in [-0.2, -0.15) is 5.26 Å². The van der Waals surface area contributed by atoms with Gasteiger partial charge >= 0.3 is 6.03 Å². The number of amides is 2. The molecule has 0 saturated carbocycles. The lowest BCUT2D eigenvalue weighted by Gasteiger charge is -2.12. The molecule has 5 nitrogen and oxygen atoms in total. The number of benzene rings is 2. The smallest absolute Gasteiger partial charge is 0.323 e. The van der Waals surface area contributed by atoms with Crippen LogP contribution in [0.3, 0.4) is 0 Å². The maximum atomic E-state index is 11.9. The Balaban J connectivity index is 2.16. The number of phenols is 1. The molecule has 21 heavy (non-hydrogen) atoms. The van der Waals surface area contributed by atoms with Crippen LogP contribution >= 0.6 is 15.9 Å². The molecule has 2 aromatic rings. The van der Waals surface area contributed by atoms with Gasteiger partial charge in [0.1, 0.15) is 13.6 Å². The van der Waals surface area contributed by atoms with Crippen LogP contribution in [0.5, 0.6) is 5.75 Å². The summed E-state index contributed by atoms with van der Waals surface area (Å²) in [7, 11) is 1.62. The van der Waals surface area contributed by atoms with Crippen molar-refractivity contribution in [3.8, 4) is 11.8 Å². The minimum absolute atomic E-state index is 0.115. The predicted molar refractivity (Wildman–Crippen MR) is 87.8 cm³/mol. The zero-order valence-electron chi connectivity index (χ0n) is 11.1. The number of halogens is 1. The van der Waals surface area contributed by atoms with Gasteiger partial charge in [-0.05, 0) is 45.7 Å². The Morgan fingerprint density at radius 1 is 1.19 bits per heavy atom. The minimum Gasteiger partial charge on any atom is -0.506 e. The van der Waals surface area contributed by atoms with Crippen LogP contribution in [0.1, 0.15) is 5.56 Å². The number of nitriles is 1. The van der Waals surface area contributed by atoms with Gasteiger partial charge in [0.15, 0.2) is 0 Å². The van der Waals surface area contributed by atoms with Gasteiger partial charge in [0.25, 0.3) is 0 Å². The number of urea groups is 1. The number of aromatic hydroxyl groups is 1. The van der Waals surface area contributed by atoms with Crippen LogP contribution in [0, 0.1) is 11.3 Å². The number of hydrogen-bond donors (Lipinski definition) is 3. The van der Waals surface area contributed by atoms with Crippen molar-refractivity contribution >= 4 is 46.6 Å².